The van der Waals surface area contributed by atoms with Crippen LogP contribution in [-0.2, 0) is 0 Å². The van der Waals surface area contributed by atoms with Crippen LogP contribution < -0.4 is 0 Å². The second-order valence-electron chi connectivity index (χ2n) is 3.26. The van der Waals surface area contributed by atoms with E-state index >= 15 is 0 Å². The molecule has 7 nitrogen and oxygen atoms in total. The van der Waals surface area contributed by atoms with Crippen LogP contribution in [0.1, 0.15) is 6.42 Å². The van der Waals surface area contributed by atoms with Gasteiger partial charge in [-0.2, -0.15) is 0 Å². The van der Waals surface area contributed by atoms with Gasteiger partial charge in [-0.15, -0.1) is 0 Å². The Labute approximate surface area is 80.6 Å². The molecule has 78 valence electrons. The standard InChI is InChI=1S/C7H12N4O3/c8-10-9-3-5-4-11(7(13)14)2-1-6(5)12/h5-6,12H,1-4H2,(H,13,14). The summed E-state index contributed by atoms with van der Waals surface area (Å²) in [6.45, 7) is 0.709. The minimum atomic E-state index is -0.997. The molecule has 0 aromatic rings. The van der Waals surface area contributed by atoms with E-state index in [1.165, 1.54) is 4.90 Å². The maximum Gasteiger partial charge on any atom is 0.407 e. The summed E-state index contributed by atoms with van der Waals surface area (Å²) in [7, 11) is 0. The Kier molecular flexibility index (Phi) is 3.55. The summed E-state index contributed by atoms with van der Waals surface area (Å²) in [4.78, 5) is 14.4. The Balaban J connectivity index is 2.54. The zero-order valence-corrected chi connectivity index (χ0v) is 7.57. The average Bonchev–Trinajstić information content (AvgIpc) is 2.16. The van der Waals surface area contributed by atoms with E-state index in [-0.39, 0.29) is 19.0 Å². The molecule has 2 atom stereocenters. The number of likely N-dealkylation sites (tertiary alicyclic amines) is 1. The number of nitrogens with zero attached hydrogens (tertiary/aromatic N) is 4. The summed E-state index contributed by atoms with van der Waals surface area (Å²) < 4.78 is 0. The zero-order valence-electron chi connectivity index (χ0n) is 7.57. The van der Waals surface area contributed by atoms with Gasteiger partial charge in [0.1, 0.15) is 0 Å². The molecule has 2 unspecified atom stereocenters. The van der Waals surface area contributed by atoms with Crippen LogP contribution in [0.15, 0.2) is 5.11 Å². The number of azide groups is 1. The van der Waals surface area contributed by atoms with Gasteiger partial charge in [-0.1, -0.05) is 5.11 Å². The van der Waals surface area contributed by atoms with Gasteiger partial charge >= 0.3 is 6.09 Å². The maximum atomic E-state index is 10.6. The number of piperidine rings is 1. The third-order valence-corrected chi connectivity index (χ3v) is 2.34. The molecule has 1 heterocycles. The van der Waals surface area contributed by atoms with Crippen molar-refractivity contribution in [2.24, 2.45) is 11.0 Å². The highest BCUT2D eigenvalue weighted by molar-refractivity contribution is 5.65. The van der Waals surface area contributed by atoms with Crippen molar-refractivity contribution in [3.8, 4) is 0 Å². The first kappa shape index (κ1) is 10.6. The Bertz CT molecular complexity index is 264. The summed E-state index contributed by atoms with van der Waals surface area (Å²) in [5, 5.41) is 21.5. The molecule has 1 aliphatic heterocycles. The SMILES string of the molecule is [N-]=[N+]=NCC1CN(C(=O)O)CCC1O. The van der Waals surface area contributed by atoms with Crippen LogP contribution in [0, 0.1) is 5.92 Å². The van der Waals surface area contributed by atoms with Gasteiger partial charge in [-0.25, -0.2) is 4.79 Å². The highest BCUT2D eigenvalue weighted by Crippen LogP contribution is 2.17. The Hall–Kier alpha value is -1.46. The van der Waals surface area contributed by atoms with Gasteiger partial charge in [-0.05, 0) is 12.0 Å². The molecule has 1 amide bonds. The third-order valence-electron chi connectivity index (χ3n) is 2.34. The van der Waals surface area contributed by atoms with Crippen molar-refractivity contribution in [3.05, 3.63) is 10.4 Å². The number of carbonyl (C=O) groups is 1. The maximum absolute atomic E-state index is 10.6. The van der Waals surface area contributed by atoms with E-state index in [0.717, 1.165) is 0 Å². The average molecular weight is 200 g/mol. The number of hydrogen-bond acceptors (Lipinski definition) is 3. The molecule has 2 N–H and O–H groups in total. The van der Waals surface area contributed by atoms with Crippen LogP contribution in [0.2, 0.25) is 0 Å². The molecule has 0 aromatic heterocycles. The molecule has 0 saturated carbocycles. The third kappa shape index (κ3) is 2.51. The molecule has 1 aliphatic rings. The van der Waals surface area contributed by atoms with E-state index in [1.807, 2.05) is 0 Å². The topological polar surface area (TPSA) is 110 Å². The molecular formula is C7H12N4O3. The Morgan fingerprint density at radius 2 is 2.43 bits per heavy atom. The highest BCUT2D eigenvalue weighted by Gasteiger charge is 2.29. The molecular weight excluding hydrogens is 188 g/mol. The van der Waals surface area contributed by atoms with E-state index in [2.05, 4.69) is 10.0 Å². The van der Waals surface area contributed by atoms with Crippen molar-refractivity contribution < 1.29 is 15.0 Å². The fourth-order valence-electron chi connectivity index (χ4n) is 1.51. The normalized spacial score (nSPS) is 26.8. The molecule has 0 bridgehead atoms. The number of carboxylic acid groups (broad SMARTS) is 1. The van der Waals surface area contributed by atoms with Crippen molar-refractivity contribution in [2.75, 3.05) is 19.6 Å². The van der Waals surface area contributed by atoms with Gasteiger partial charge in [0, 0.05) is 30.5 Å². The number of hydrogen-bond donors (Lipinski definition) is 2. The van der Waals surface area contributed by atoms with Crippen LogP contribution in [0.25, 0.3) is 10.4 Å². The summed E-state index contributed by atoms with van der Waals surface area (Å²) >= 11 is 0. The number of aliphatic hydroxyl groups is 1. The molecule has 0 aromatic carbocycles. The summed E-state index contributed by atoms with van der Waals surface area (Å²) in [5.74, 6) is -0.282. The predicted octanol–water partition coefficient (Wildman–Crippen LogP) is 0.657. The molecule has 0 aliphatic carbocycles. The molecule has 7 heteroatoms. The van der Waals surface area contributed by atoms with Gasteiger partial charge in [0.15, 0.2) is 0 Å². The second-order valence-corrected chi connectivity index (χ2v) is 3.26. The van der Waals surface area contributed by atoms with Gasteiger partial charge in [0.05, 0.1) is 6.10 Å². The van der Waals surface area contributed by atoms with Crippen molar-refractivity contribution in [1.82, 2.24) is 4.90 Å². The first-order chi connectivity index (χ1) is 6.65. The lowest BCUT2D eigenvalue weighted by Crippen LogP contribution is -2.46. The van der Waals surface area contributed by atoms with Crippen molar-refractivity contribution >= 4 is 6.09 Å². The molecule has 14 heavy (non-hydrogen) atoms. The lowest BCUT2D eigenvalue weighted by molar-refractivity contribution is 0.0332. The van der Waals surface area contributed by atoms with Crippen molar-refractivity contribution in [1.29, 1.82) is 0 Å². The van der Waals surface area contributed by atoms with Gasteiger partial charge < -0.3 is 15.1 Å². The molecule has 1 fully saturated rings. The van der Waals surface area contributed by atoms with E-state index in [4.69, 9.17) is 10.6 Å². The monoisotopic (exact) mass is 200 g/mol. The smallest absolute Gasteiger partial charge is 0.407 e. The summed E-state index contributed by atoms with van der Waals surface area (Å²) in [6.07, 6.45) is -1.17. The number of amides is 1. The number of aliphatic hydroxyl groups excluding tert-OH is 1. The minimum absolute atomic E-state index is 0.140. The molecule has 0 spiro atoms. The predicted molar refractivity (Wildman–Crippen MR) is 47.7 cm³/mol. The van der Waals surface area contributed by atoms with E-state index in [0.29, 0.717) is 13.0 Å². The molecule has 1 saturated heterocycles. The van der Waals surface area contributed by atoms with E-state index in [1.54, 1.807) is 0 Å². The highest BCUT2D eigenvalue weighted by atomic mass is 16.4. The van der Waals surface area contributed by atoms with Crippen LogP contribution in [-0.4, -0.2) is 46.9 Å². The largest absolute Gasteiger partial charge is 0.465 e. The van der Waals surface area contributed by atoms with Gasteiger partial charge in [-0.3, -0.25) is 0 Å². The number of rotatable bonds is 2. The van der Waals surface area contributed by atoms with Crippen LogP contribution in [0.4, 0.5) is 4.79 Å². The van der Waals surface area contributed by atoms with Gasteiger partial charge in [0.2, 0.25) is 0 Å². The lowest BCUT2D eigenvalue weighted by atomic mass is 9.95. The van der Waals surface area contributed by atoms with Crippen LogP contribution >= 0.6 is 0 Å². The molecule has 0 radical (unpaired) electrons. The van der Waals surface area contributed by atoms with Crippen LogP contribution in [0.3, 0.4) is 0 Å². The molecule has 1 rings (SSSR count). The zero-order chi connectivity index (χ0) is 10.6. The van der Waals surface area contributed by atoms with Crippen molar-refractivity contribution in [2.45, 2.75) is 12.5 Å². The van der Waals surface area contributed by atoms with Gasteiger partial charge in [0.25, 0.3) is 0 Å². The summed E-state index contributed by atoms with van der Waals surface area (Å²) in [5.41, 5.74) is 8.11. The first-order valence-electron chi connectivity index (χ1n) is 4.32. The Morgan fingerprint density at radius 3 is 3.00 bits per heavy atom. The lowest BCUT2D eigenvalue weighted by Gasteiger charge is -2.33. The summed E-state index contributed by atoms with van der Waals surface area (Å²) in [6, 6.07) is 0. The second kappa shape index (κ2) is 4.69. The fourth-order valence-corrected chi connectivity index (χ4v) is 1.51. The van der Waals surface area contributed by atoms with E-state index in [9.17, 15) is 9.90 Å². The van der Waals surface area contributed by atoms with Crippen LogP contribution in [0.5, 0.6) is 0 Å². The van der Waals surface area contributed by atoms with Crippen molar-refractivity contribution in [3.63, 3.8) is 0 Å². The minimum Gasteiger partial charge on any atom is -0.465 e. The quantitative estimate of drug-likeness (QED) is 0.388. The van der Waals surface area contributed by atoms with E-state index < -0.39 is 12.2 Å². The Morgan fingerprint density at radius 1 is 1.71 bits per heavy atom. The fraction of sp³-hybridized carbons (Fsp3) is 0.857. The first-order valence-corrected chi connectivity index (χ1v) is 4.32.